The fraction of sp³-hybridized carbons (Fsp3) is 0. The maximum Gasteiger partial charge on any atom is 0.357 e. The third kappa shape index (κ3) is 3.83. The van der Waals surface area contributed by atoms with E-state index in [1.54, 1.807) is 4.72 Å². The molecule has 4 N–H and O–H groups in total. The van der Waals surface area contributed by atoms with Gasteiger partial charge in [-0.05, 0) is 18.2 Å². The maximum absolute atomic E-state index is 10.9. The molecule has 0 heterocycles. The Hall–Kier alpha value is -1.16. The second-order valence-electron chi connectivity index (χ2n) is 2.65. The van der Waals surface area contributed by atoms with E-state index in [2.05, 4.69) is 0 Å². The number of hydrogen-bond acceptors (Lipinski definition) is 4. The summed E-state index contributed by atoms with van der Waals surface area (Å²) in [4.78, 5) is -0.254. The third-order valence-electron chi connectivity index (χ3n) is 1.41. The molecule has 0 aliphatic carbocycles. The highest BCUT2D eigenvalue weighted by Crippen LogP contribution is 2.14. The minimum absolute atomic E-state index is 0.0935. The van der Waals surface area contributed by atoms with Gasteiger partial charge in [0, 0.05) is 0 Å². The van der Waals surface area contributed by atoms with Crippen LogP contribution in [0.1, 0.15) is 0 Å². The average molecular weight is 252 g/mol. The van der Waals surface area contributed by atoms with E-state index in [1.165, 1.54) is 18.2 Å². The minimum Gasteiger partial charge on any atom is -0.269 e. The molecule has 7 nitrogen and oxygen atoms in total. The predicted molar refractivity (Wildman–Crippen MR) is 53.0 cm³/mol. The van der Waals surface area contributed by atoms with Crippen molar-refractivity contribution in [3.63, 3.8) is 0 Å². The van der Waals surface area contributed by atoms with E-state index >= 15 is 0 Å². The van der Waals surface area contributed by atoms with Crippen LogP contribution < -0.4 is 9.86 Å². The van der Waals surface area contributed by atoms with Crippen LogP contribution in [0.2, 0.25) is 0 Å². The van der Waals surface area contributed by atoms with Gasteiger partial charge in [0.05, 0.1) is 10.6 Å². The zero-order valence-electron chi connectivity index (χ0n) is 7.28. The Morgan fingerprint density at radius 3 is 2.27 bits per heavy atom. The van der Waals surface area contributed by atoms with Gasteiger partial charge in [-0.2, -0.15) is 8.42 Å². The number of sulfonamides is 1. The summed E-state index contributed by atoms with van der Waals surface area (Å²) in [5.41, 5.74) is -0.0935. The van der Waals surface area contributed by atoms with Crippen molar-refractivity contribution >= 4 is 26.0 Å². The normalized spacial score (nSPS) is 12.4. The first-order valence-corrected chi connectivity index (χ1v) is 6.55. The number of nitrogens with two attached hydrogens (primary N) is 1. The molecule has 0 saturated carbocycles. The highest BCUT2D eigenvalue weighted by atomic mass is 32.2. The topological polar surface area (TPSA) is 127 Å². The van der Waals surface area contributed by atoms with Crippen molar-refractivity contribution in [2.75, 3.05) is 4.72 Å². The lowest BCUT2D eigenvalue weighted by Gasteiger charge is -2.03. The molecule has 0 fully saturated rings. The molecule has 15 heavy (non-hydrogen) atoms. The Morgan fingerprint density at radius 2 is 1.80 bits per heavy atom. The Kier molecular flexibility index (Phi) is 3.00. The molecule has 0 radical (unpaired) electrons. The van der Waals surface area contributed by atoms with E-state index in [1.807, 2.05) is 0 Å². The fourth-order valence-corrected chi connectivity index (χ4v) is 1.87. The second kappa shape index (κ2) is 3.77. The Balaban J connectivity index is 3.15. The highest BCUT2D eigenvalue weighted by Gasteiger charge is 2.10. The van der Waals surface area contributed by atoms with E-state index in [0.717, 1.165) is 6.07 Å². The number of benzene rings is 1. The lowest BCUT2D eigenvalue weighted by molar-refractivity contribution is 0.489. The minimum atomic E-state index is -4.43. The second-order valence-corrected chi connectivity index (χ2v) is 5.37. The average Bonchev–Trinajstić information content (AvgIpc) is 1.99. The molecule has 0 aliphatic heterocycles. The molecule has 0 atom stereocenters. The van der Waals surface area contributed by atoms with Crippen molar-refractivity contribution in [1.82, 2.24) is 0 Å². The molecule has 0 amide bonds. The SMILES string of the molecule is NS(=O)(=O)c1cccc(NS(=O)(=O)O)c1. The first-order valence-electron chi connectivity index (χ1n) is 3.56. The molecule has 1 aromatic rings. The monoisotopic (exact) mass is 252 g/mol. The number of nitrogens with one attached hydrogen (secondary N) is 1. The van der Waals surface area contributed by atoms with Gasteiger partial charge in [-0.25, -0.2) is 13.6 Å². The van der Waals surface area contributed by atoms with E-state index in [9.17, 15) is 16.8 Å². The van der Waals surface area contributed by atoms with Gasteiger partial charge in [-0.15, -0.1) is 0 Å². The van der Waals surface area contributed by atoms with Crippen LogP contribution in [0.4, 0.5) is 5.69 Å². The summed E-state index contributed by atoms with van der Waals surface area (Å²) in [6.45, 7) is 0. The van der Waals surface area contributed by atoms with Crippen LogP contribution in [0.25, 0.3) is 0 Å². The Labute approximate surface area is 86.8 Å². The van der Waals surface area contributed by atoms with Crippen molar-refractivity contribution in [2.45, 2.75) is 4.90 Å². The summed E-state index contributed by atoms with van der Waals surface area (Å²) in [5.74, 6) is 0. The van der Waals surface area contributed by atoms with E-state index in [4.69, 9.17) is 9.69 Å². The van der Waals surface area contributed by atoms with Crippen LogP contribution in [0.3, 0.4) is 0 Å². The van der Waals surface area contributed by atoms with Crippen LogP contribution in [0.5, 0.6) is 0 Å². The Morgan fingerprint density at radius 1 is 1.20 bits per heavy atom. The van der Waals surface area contributed by atoms with E-state index in [0.29, 0.717) is 0 Å². The first-order chi connectivity index (χ1) is 6.68. The quantitative estimate of drug-likeness (QED) is 0.628. The highest BCUT2D eigenvalue weighted by molar-refractivity contribution is 7.89. The fourth-order valence-electron chi connectivity index (χ4n) is 0.885. The van der Waals surface area contributed by atoms with Gasteiger partial charge in [0.15, 0.2) is 0 Å². The predicted octanol–water partition coefficient (Wildman–Crippen LogP) is -0.451. The number of rotatable bonds is 3. The molecule has 1 aromatic carbocycles. The van der Waals surface area contributed by atoms with Crippen molar-refractivity contribution in [1.29, 1.82) is 0 Å². The van der Waals surface area contributed by atoms with Gasteiger partial charge >= 0.3 is 10.3 Å². The molecule has 1 rings (SSSR count). The number of hydrogen-bond donors (Lipinski definition) is 3. The molecule has 0 bridgehead atoms. The molecular formula is C6H8N2O5S2. The standard InChI is InChI=1S/C6H8N2O5S2/c7-14(9,10)6-3-1-2-5(4-6)8-15(11,12)13/h1-4,8H,(H2,7,9,10)(H,11,12,13). The van der Waals surface area contributed by atoms with Crippen molar-refractivity contribution < 1.29 is 21.4 Å². The zero-order chi connectivity index (χ0) is 11.7. The molecular weight excluding hydrogens is 244 g/mol. The van der Waals surface area contributed by atoms with Crippen LogP contribution in [0, 0.1) is 0 Å². The molecule has 84 valence electrons. The number of anilines is 1. The molecule has 0 aromatic heterocycles. The van der Waals surface area contributed by atoms with Gasteiger partial charge in [-0.1, -0.05) is 6.07 Å². The molecule has 0 aliphatic rings. The molecule has 0 unspecified atom stereocenters. The van der Waals surface area contributed by atoms with Gasteiger partial charge in [0.2, 0.25) is 10.0 Å². The molecule has 9 heteroatoms. The number of primary sulfonamides is 1. The lowest BCUT2D eigenvalue weighted by atomic mass is 10.3. The summed E-state index contributed by atoms with van der Waals surface area (Å²) in [6.07, 6.45) is 0. The van der Waals surface area contributed by atoms with Gasteiger partial charge in [0.25, 0.3) is 0 Å². The van der Waals surface area contributed by atoms with E-state index < -0.39 is 20.3 Å². The summed E-state index contributed by atoms with van der Waals surface area (Å²) < 4.78 is 52.8. The van der Waals surface area contributed by atoms with E-state index in [-0.39, 0.29) is 10.6 Å². The maximum atomic E-state index is 10.9. The van der Waals surface area contributed by atoms with Crippen molar-refractivity contribution in [3.05, 3.63) is 24.3 Å². The molecule has 0 saturated heterocycles. The first kappa shape index (κ1) is 11.9. The van der Waals surface area contributed by atoms with Gasteiger partial charge in [0.1, 0.15) is 0 Å². The van der Waals surface area contributed by atoms with Crippen LogP contribution in [-0.4, -0.2) is 21.4 Å². The molecule has 0 spiro atoms. The van der Waals surface area contributed by atoms with Gasteiger partial charge < -0.3 is 0 Å². The van der Waals surface area contributed by atoms with Gasteiger partial charge in [-0.3, -0.25) is 9.27 Å². The van der Waals surface area contributed by atoms with Crippen molar-refractivity contribution in [2.24, 2.45) is 5.14 Å². The summed E-state index contributed by atoms with van der Waals surface area (Å²) >= 11 is 0. The van der Waals surface area contributed by atoms with Crippen LogP contribution in [-0.2, 0) is 20.3 Å². The lowest BCUT2D eigenvalue weighted by Crippen LogP contribution is -2.14. The van der Waals surface area contributed by atoms with Crippen LogP contribution >= 0.6 is 0 Å². The largest absolute Gasteiger partial charge is 0.357 e. The van der Waals surface area contributed by atoms with Crippen molar-refractivity contribution in [3.8, 4) is 0 Å². The zero-order valence-corrected chi connectivity index (χ0v) is 8.92. The summed E-state index contributed by atoms with van der Waals surface area (Å²) in [6, 6.07) is 4.74. The summed E-state index contributed by atoms with van der Waals surface area (Å²) in [7, 11) is -8.32. The van der Waals surface area contributed by atoms with Crippen LogP contribution in [0.15, 0.2) is 29.2 Å². The third-order valence-corrected chi connectivity index (χ3v) is 2.81. The Bertz CT molecular complexity index is 563. The summed E-state index contributed by atoms with van der Waals surface area (Å²) in [5, 5.41) is 4.82. The smallest absolute Gasteiger partial charge is 0.269 e.